The molecule has 17 heavy (non-hydrogen) atoms. The average molecular weight is 229 g/mol. The lowest BCUT2D eigenvalue weighted by Gasteiger charge is -2.13. The number of benzene rings is 2. The molecule has 2 rings (SSSR count). The number of aryl methyl sites for hydroxylation is 1. The third-order valence-corrected chi connectivity index (χ3v) is 2.82. The summed E-state index contributed by atoms with van der Waals surface area (Å²) in [6.45, 7) is 1.89. The molecule has 0 spiro atoms. The van der Waals surface area contributed by atoms with Crippen LogP contribution in [0, 0.1) is 12.7 Å². The highest BCUT2D eigenvalue weighted by atomic mass is 19.1. The van der Waals surface area contributed by atoms with E-state index in [1.165, 1.54) is 0 Å². The molecule has 0 fully saturated rings. The third-order valence-electron chi connectivity index (χ3n) is 2.82. The first kappa shape index (κ1) is 11.6. The maximum Gasteiger partial charge on any atom is 0.131 e. The van der Waals surface area contributed by atoms with E-state index in [9.17, 15) is 4.39 Å². The van der Waals surface area contributed by atoms with Crippen molar-refractivity contribution in [1.29, 1.82) is 0 Å². The van der Waals surface area contributed by atoms with Crippen LogP contribution in [-0.4, -0.2) is 14.1 Å². The van der Waals surface area contributed by atoms with Crippen LogP contribution in [0.4, 0.5) is 10.1 Å². The summed E-state index contributed by atoms with van der Waals surface area (Å²) in [5.41, 5.74) is 3.62. The summed E-state index contributed by atoms with van der Waals surface area (Å²) in [6, 6.07) is 13.2. The molecule has 0 saturated carbocycles. The fourth-order valence-electron chi connectivity index (χ4n) is 1.79. The van der Waals surface area contributed by atoms with Gasteiger partial charge >= 0.3 is 0 Å². The van der Waals surface area contributed by atoms with E-state index in [-0.39, 0.29) is 5.82 Å². The Kier molecular flexibility index (Phi) is 3.14. The summed E-state index contributed by atoms with van der Waals surface area (Å²) in [5.74, 6) is -0.164. The monoisotopic (exact) mass is 229 g/mol. The smallest absolute Gasteiger partial charge is 0.131 e. The van der Waals surface area contributed by atoms with Gasteiger partial charge in [-0.15, -0.1) is 0 Å². The number of halogens is 1. The molecule has 0 saturated heterocycles. The van der Waals surface area contributed by atoms with E-state index in [1.807, 2.05) is 62.3 Å². The Morgan fingerprint density at radius 3 is 2.12 bits per heavy atom. The van der Waals surface area contributed by atoms with Gasteiger partial charge in [-0.3, -0.25) is 0 Å². The number of anilines is 1. The van der Waals surface area contributed by atoms with Crippen molar-refractivity contribution < 1.29 is 4.39 Å². The van der Waals surface area contributed by atoms with Crippen molar-refractivity contribution >= 4 is 5.69 Å². The zero-order valence-electron chi connectivity index (χ0n) is 10.4. The summed E-state index contributed by atoms with van der Waals surface area (Å²) in [4.78, 5) is 2.02. The normalized spacial score (nSPS) is 10.4. The van der Waals surface area contributed by atoms with Crippen LogP contribution in [0.3, 0.4) is 0 Å². The first-order valence-electron chi connectivity index (χ1n) is 5.62. The minimum absolute atomic E-state index is 0.164. The lowest BCUT2D eigenvalue weighted by atomic mass is 10.0. The largest absolute Gasteiger partial charge is 0.378 e. The van der Waals surface area contributed by atoms with E-state index in [1.54, 1.807) is 6.07 Å². The first-order chi connectivity index (χ1) is 8.08. The molecule has 2 heteroatoms. The Labute approximate surface area is 102 Å². The third kappa shape index (κ3) is 2.47. The van der Waals surface area contributed by atoms with Crippen molar-refractivity contribution in [1.82, 2.24) is 0 Å². The van der Waals surface area contributed by atoms with Crippen LogP contribution >= 0.6 is 0 Å². The fraction of sp³-hybridized carbons (Fsp3) is 0.200. The molecule has 0 atom stereocenters. The molecule has 0 N–H and O–H groups in total. The molecule has 0 amide bonds. The Morgan fingerprint density at radius 2 is 1.59 bits per heavy atom. The summed E-state index contributed by atoms with van der Waals surface area (Å²) >= 11 is 0. The molecule has 88 valence electrons. The van der Waals surface area contributed by atoms with E-state index in [0.29, 0.717) is 5.56 Å². The zero-order valence-corrected chi connectivity index (χ0v) is 10.4. The average Bonchev–Trinajstić information content (AvgIpc) is 2.29. The van der Waals surface area contributed by atoms with Crippen LogP contribution in [0.1, 0.15) is 5.56 Å². The van der Waals surface area contributed by atoms with E-state index in [4.69, 9.17) is 0 Å². The molecule has 0 aliphatic rings. The van der Waals surface area contributed by atoms with E-state index in [0.717, 1.165) is 16.8 Å². The molecule has 0 aliphatic carbocycles. The molecular weight excluding hydrogens is 213 g/mol. The van der Waals surface area contributed by atoms with Crippen molar-refractivity contribution in [3.05, 3.63) is 53.8 Å². The van der Waals surface area contributed by atoms with Gasteiger partial charge in [-0.05, 0) is 36.2 Å². The highest BCUT2D eigenvalue weighted by Gasteiger charge is 2.05. The van der Waals surface area contributed by atoms with Crippen molar-refractivity contribution in [2.75, 3.05) is 19.0 Å². The predicted molar refractivity (Wildman–Crippen MR) is 70.9 cm³/mol. The molecule has 0 heterocycles. The van der Waals surface area contributed by atoms with Gasteiger partial charge in [0, 0.05) is 25.3 Å². The number of nitrogens with zero attached hydrogens (tertiary/aromatic N) is 1. The predicted octanol–water partition coefficient (Wildman–Crippen LogP) is 3.87. The molecular formula is C15H16FN. The minimum Gasteiger partial charge on any atom is -0.378 e. The zero-order chi connectivity index (χ0) is 12.4. The lowest BCUT2D eigenvalue weighted by molar-refractivity contribution is 0.630. The van der Waals surface area contributed by atoms with Gasteiger partial charge in [-0.2, -0.15) is 0 Å². The van der Waals surface area contributed by atoms with Gasteiger partial charge in [0.2, 0.25) is 0 Å². The van der Waals surface area contributed by atoms with Crippen LogP contribution < -0.4 is 4.90 Å². The quantitative estimate of drug-likeness (QED) is 0.755. The van der Waals surface area contributed by atoms with Gasteiger partial charge in [0.25, 0.3) is 0 Å². The van der Waals surface area contributed by atoms with Crippen LogP contribution in [0.15, 0.2) is 42.5 Å². The molecule has 0 aliphatic heterocycles. The highest BCUT2D eigenvalue weighted by molar-refractivity contribution is 5.67. The van der Waals surface area contributed by atoms with Crippen LogP contribution in [-0.2, 0) is 0 Å². The molecule has 0 unspecified atom stereocenters. The summed E-state index contributed by atoms with van der Waals surface area (Å²) in [7, 11) is 3.98. The second-order valence-corrected chi connectivity index (χ2v) is 4.42. The fourth-order valence-corrected chi connectivity index (χ4v) is 1.79. The van der Waals surface area contributed by atoms with Gasteiger partial charge in [-0.1, -0.05) is 24.3 Å². The van der Waals surface area contributed by atoms with Crippen LogP contribution in [0.2, 0.25) is 0 Å². The van der Waals surface area contributed by atoms with Gasteiger partial charge < -0.3 is 4.90 Å². The maximum atomic E-state index is 13.8. The molecule has 0 radical (unpaired) electrons. The Hall–Kier alpha value is -1.83. The minimum atomic E-state index is -0.164. The van der Waals surface area contributed by atoms with Gasteiger partial charge in [0.1, 0.15) is 5.82 Å². The molecule has 0 aromatic heterocycles. The molecule has 2 aromatic rings. The standard InChI is InChI=1S/C15H16FN/c1-11-4-9-14(15(16)10-11)12-5-7-13(8-6-12)17(2)3/h4-10H,1-3H3. The van der Waals surface area contributed by atoms with Crippen LogP contribution in [0.5, 0.6) is 0 Å². The van der Waals surface area contributed by atoms with E-state index < -0.39 is 0 Å². The highest BCUT2D eigenvalue weighted by Crippen LogP contribution is 2.25. The Bertz CT molecular complexity index is 515. The van der Waals surface area contributed by atoms with Gasteiger partial charge in [0.15, 0.2) is 0 Å². The summed E-state index contributed by atoms with van der Waals surface area (Å²) in [5, 5.41) is 0. The Balaban J connectivity index is 2.40. The lowest BCUT2D eigenvalue weighted by Crippen LogP contribution is -2.07. The second-order valence-electron chi connectivity index (χ2n) is 4.42. The number of hydrogen-bond donors (Lipinski definition) is 0. The van der Waals surface area contributed by atoms with Crippen LogP contribution in [0.25, 0.3) is 11.1 Å². The maximum absolute atomic E-state index is 13.8. The van der Waals surface area contributed by atoms with E-state index >= 15 is 0 Å². The summed E-state index contributed by atoms with van der Waals surface area (Å²) < 4.78 is 13.8. The van der Waals surface area contributed by atoms with Crippen molar-refractivity contribution in [3.8, 4) is 11.1 Å². The number of rotatable bonds is 2. The summed E-state index contributed by atoms with van der Waals surface area (Å²) in [6.07, 6.45) is 0. The Morgan fingerprint density at radius 1 is 0.941 bits per heavy atom. The van der Waals surface area contributed by atoms with Gasteiger partial charge in [0.05, 0.1) is 0 Å². The molecule has 1 nitrogen and oxygen atoms in total. The topological polar surface area (TPSA) is 3.24 Å². The van der Waals surface area contributed by atoms with E-state index in [2.05, 4.69) is 0 Å². The molecule has 0 bridgehead atoms. The SMILES string of the molecule is Cc1ccc(-c2ccc(N(C)C)cc2)c(F)c1. The molecule has 2 aromatic carbocycles. The first-order valence-corrected chi connectivity index (χ1v) is 5.62. The second kappa shape index (κ2) is 4.58. The van der Waals surface area contributed by atoms with Crippen molar-refractivity contribution in [3.63, 3.8) is 0 Å². The number of hydrogen-bond acceptors (Lipinski definition) is 1. The van der Waals surface area contributed by atoms with Gasteiger partial charge in [-0.25, -0.2) is 4.39 Å². The van der Waals surface area contributed by atoms with Crippen molar-refractivity contribution in [2.45, 2.75) is 6.92 Å². The van der Waals surface area contributed by atoms with Crippen molar-refractivity contribution in [2.24, 2.45) is 0 Å².